The van der Waals surface area contributed by atoms with Crippen LogP contribution in [0.1, 0.15) is 5.56 Å². The van der Waals surface area contributed by atoms with Crippen LogP contribution < -0.4 is 5.73 Å². The lowest BCUT2D eigenvalue weighted by molar-refractivity contribution is 1.07. The van der Waals surface area contributed by atoms with Crippen LogP contribution in [0.2, 0.25) is 0 Å². The third-order valence-electron chi connectivity index (χ3n) is 2.62. The van der Waals surface area contributed by atoms with E-state index in [9.17, 15) is 0 Å². The van der Waals surface area contributed by atoms with E-state index in [2.05, 4.69) is 50.1 Å². The summed E-state index contributed by atoms with van der Waals surface area (Å²) in [5, 5.41) is 2.11. The Bertz CT molecular complexity index is 671. The van der Waals surface area contributed by atoms with Crippen LogP contribution in [0.25, 0.3) is 22.4 Å². The molecule has 0 aliphatic carbocycles. The average Bonchev–Trinajstić information content (AvgIpc) is 2.93. The third-order valence-corrected chi connectivity index (χ3v) is 4.41. The Morgan fingerprint density at radius 1 is 1.35 bits per heavy atom. The summed E-state index contributed by atoms with van der Waals surface area (Å²) in [7, 11) is 0. The Labute approximate surface area is 116 Å². The molecule has 0 amide bonds. The molecular formula is C12H10IN3S. The maximum atomic E-state index is 5.63. The number of hydrogen-bond donors (Lipinski definition) is 2. The second-order valence-corrected chi connectivity index (χ2v) is 6.59. The molecule has 1 aromatic carbocycles. The van der Waals surface area contributed by atoms with Crippen molar-refractivity contribution in [1.29, 1.82) is 0 Å². The molecule has 2 aromatic heterocycles. The average molecular weight is 355 g/mol. The minimum Gasteiger partial charge on any atom is -0.338 e. The van der Waals surface area contributed by atoms with E-state index in [-0.39, 0.29) is 0 Å². The number of halogens is 1. The number of fused-ring (bicyclic) bond motifs is 1. The summed E-state index contributed by atoms with van der Waals surface area (Å²) < 4.78 is 1.26. The van der Waals surface area contributed by atoms with E-state index in [0.29, 0.717) is 6.54 Å². The number of thiophene rings is 1. The molecule has 3 N–H and O–H groups in total. The molecule has 0 radical (unpaired) electrons. The van der Waals surface area contributed by atoms with Gasteiger partial charge in [-0.05, 0) is 46.4 Å². The summed E-state index contributed by atoms with van der Waals surface area (Å²) in [6.45, 7) is 0.556. The van der Waals surface area contributed by atoms with Gasteiger partial charge in [-0.2, -0.15) is 0 Å². The molecular weight excluding hydrogens is 345 g/mol. The Balaban J connectivity index is 2.13. The number of H-pyrrole nitrogens is 1. The normalized spacial score (nSPS) is 11.2. The van der Waals surface area contributed by atoms with E-state index >= 15 is 0 Å². The first-order valence-electron chi connectivity index (χ1n) is 5.19. The highest BCUT2D eigenvalue weighted by Crippen LogP contribution is 2.26. The smallest absolute Gasteiger partial charge is 0.139 e. The number of nitrogens with zero attached hydrogens (tertiary/aromatic N) is 1. The highest BCUT2D eigenvalue weighted by Gasteiger charge is 2.07. The molecule has 0 spiro atoms. The first kappa shape index (κ1) is 11.2. The van der Waals surface area contributed by atoms with E-state index in [1.54, 1.807) is 11.3 Å². The standard InChI is InChI=1S/C12H10IN3S/c13-11-4-8(6-17-11)12-15-9-2-1-7(5-14)3-10(9)16-12/h1-4,6H,5,14H2,(H,15,16). The van der Waals surface area contributed by atoms with E-state index in [1.165, 1.54) is 2.88 Å². The number of nitrogens with one attached hydrogen (secondary N) is 1. The fraction of sp³-hybridized carbons (Fsp3) is 0.0833. The van der Waals surface area contributed by atoms with Gasteiger partial charge in [0.2, 0.25) is 0 Å². The van der Waals surface area contributed by atoms with Gasteiger partial charge in [0, 0.05) is 17.5 Å². The molecule has 5 heteroatoms. The summed E-state index contributed by atoms with van der Waals surface area (Å²) in [6.07, 6.45) is 0. The van der Waals surface area contributed by atoms with E-state index in [1.807, 2.05) is 12.1 Å². The molecule has 0 saturated carbocycles. The lowest BCUT2D eigenvalue weighted by atomic mass is 10.2. The lowest BCUT2D eigenvalue weighted by Crippen LogP contribution is -1.95. The van der Waals surface area contributed by atoms with Crippen LogP contribution >= 0.6 is 33.9 Å². The van der Waals surface area contributed by atoms with Gasteiger partial charge in [0.25, 0.3) is 0 Å². The highest BCUT2D eigenvalue weighted by molar-refractivity contribution is 14.1. The maximum Gasteiger partial charge on any atom is 0.139 e. The van der Waals surface area contributed by atoms with Crippen molar-refractivity contribution in [3.63, 3.8) is 0 Å². The van der Waals surface area contributed by atoms with Gasteiger partial charge in [0.05, 0.1) is 13.9 Å². The van der Waals surface area contributed by atoms with Gasteiger partial charge in [-0.15, -0.1) is 11.3 Å². The fourth-order valence-electron chi connectivity index (χ4n) is 1.75. The predicted molar refractivity (Wildman–Crippen MR) is 80.0 cm³/mol. The minimum absolute atomic E-state index is 0.556. The summed E-state index contributed by atoms with van der Waals surface area (Å²) in [4.78, 5) is 7.92. The largest absolute Gasteiger partial charge is 0.338 e. The van der Waals surface area contributed by atoms with Gasteiger partial charge in [-0.25, -0.2) is 4.98 Å². The number of rotatable bonds is 2. The zero-order valence-corrected chi connectivity index (χ0v) is 11.9. The summed E-state index contributed by atoms with van der Waals surface area (Å²) in [5.74, 6) is 0.924. The second-order valence-electron chi connectivity index (χ2n) is 3.78. The van der Waals surface area contributed by atoms with E-state index < -0.39 is 0 Å². The van der Waals surface area contributed by atoms with Gasteiger partial charge in [0.15, 0.2) is 0 Å². The number of imidazole rings is 1. The zero-order chi connectivity index (χ0) is 11.8. The van der Waals surface area contributed by atoms with Crippen molar-refractivity contribution >= 4 is 45.0 Å². The van der Waals surface area contributed by atoms with Crippen molar-refractivity contribution < 1.29 is 0 Å². The molecule has 0 bridgehead atoms. The highest BCUT2D eigenvalue weighted by atomic mass is 127. The first-order chi connectivity index (χ1) is 8.26. The molecule has 0 saturated heterocycles. The number of aromatic amines is 1. The van der Waals surface area contributed by atoms with Crippen molar-refractivity contribution in [3.8, 4) is 11.4 Å². The Kier molecular flexibility index (Phi) is 2.89. The predicted octanol–water partition coefficient (Wildman–Crippen LogP) is 3.35. The Morgan fingerprint density at radius 2 is 2.24 bits per heavy atom. The molecule has 3 nitrogen and oxygen atoms in total. The summed E-state index contributed by atoms with van der Waals surface area (Å²) in [6, 6.07) is 8.22. The van der Waals surface area contributed by atoms with Gasteiger partial charge in [-0.3, -0.25) is 0 Å². The van der Waals surface area contributed by atoms with Gasteiger partial charge in [-0.1, -0.05) is 6.07 Å². The topological polar surface area (TPSA) is 54.7 Å². The van der Waals surface area contributed by atoms with Gasteiger partial charge < -0.3 is 10.7 Å². The van der Waals surface area contributed by atoms with Crippen molar-refractivity contribution in [3.05, 3.63) is 38.1 Å². The molecule has 86 valence electrons. The van der Waals surface area contributed by atoms with Gasteiger partial charge >= 0.3 is 0 Å². The van der Waals surface area contributed by atoms with Crippen LogP contribution in [0.3, 0.4) is 0 Å². The number of nitrogens with two attached hydrogens (primary N) is 1. The Hall–Kier alpha value is -0.920. The van der Waals surface area contributed by atoms with Crippen molar-refractivity contribution in [2.24, 2.45) is 5.73 Å². The molecule has 0 atom stereocenters. The SMILES string of the molecule is NCc1ccc2nc(-c3csc(I)c3)[nH]c2c1. The van der Waals surface area contributed by atoms with Crippen LogP contribution in [0, 0.1) is 2.88 Å². The zero-order valence-electron chi connectivity index (χ0n) is 8.90. The second kappa shape index (κ2) is 4.40. The molecule has 0 aliphatic heterocycles. The minimum atomic E-state index is 0.556. The maximum absolute atomic E-state index is 5.63. The van der Waals surface area contributed by atoms with Crippen molar-refractivity contribution in [2.75, 3.05) is 0 Å². The van der Waals surface area contributed by atoms with Gasteiger partial charge in [0.1, 0.15) is 5.82 Å². The first-order valence-corrected chi connectivity index (χ1v) is 7.15. The molecule has 2 heterocycles. The van der Waals surface area contributed by atoms with E-state index in [0.717, 1.165) is 28.0 Å². The number of hydrogen-bond acceptors (Lipinski definition) is 3. The van der Waals surface area contributed by atoms with Crippen molar-refractivity contribution in [2.45, 2.75) is 6.54 Å². The molecule has 0 fully saturated rings. The van der Waals surface area contributed by atoms with E-state index in [4.69, 9.17) is 5.73 Å². The third kappa shape index (κ3) is 2.10. The fourth-order valence-corrected chi connectivity index (χ4v) is 3.09. The number of aromatic nitrogens is 2. The van der Waals surface area contributed by atoms with Crippen LogP contribution in [0.4, 0.5) is 0 Å². The summed E-state index contributed by atoms with van der Waals surface area (Å²) >= 11 is 4.04. The molecule has 17 heavy (non-hydrogen) atoms. The monoisotopic (exact) mass is 355 g/mol. The summed E-state index contributed by atoms with van der Waals surface area (Å²) in [5.41, 5.74) is 9.92. The molecule has 0 unspecified atom stereocenters. The molecule has 3 aromatic rings. The number of benzene rings is 1. The van der Waals surface area contributed by atoms with Crippen LogP contribution in [-0.2, 0) is 6.54 Å². The molecule has 0 aliphatic rings. The quantitative estimate of drug-likeness (QED) is 0.693. The van der Waals surface area contributed by atoms with Crippen LogP contribution in [-0.4, -0.2) is 9.97 Å². The van der Waals surface area contributed by atoms with Crippen LogP contribution in [0.15, 0.2) is 29.6 Å². The lowest BCUT2D eigenvalue weighted by Gasteiger charge is -1.94. The Morgan fingerprint density at radius 3 is 2.94 bits per heavy atom. The molecule has 3 rings (SSSR count). The van der Waals surface area contributed by atoms with Crippen LogP contribution in [0.5, 0.6) is 0 Å². The van der Waals surface area contributed by atoms with Crippen molar-refractivity contribution in [1.82, 2.24) is 9.97 Å².